The van der Waals surface area contributed by atoms with Crippen molar-refractivity contribution in [2.75, 3.05) is 0 Å². The molecule has 1 rings (SSSR count). The second-order valence-electron chi connectivity index (χ2n) is 5.75. The molecule has 0 saturated carbocycles. The molecule has 0 amide bonds. The van der Waals surface area contributed by atoms with E-state index in [2.05, 4.69) is 15.9 Å². The van der Waals surface area contributed by atoms with Gasteiger partial charge in [0.2, 0.25) is 5.78 Å². The molecule has 0 aliphatic rings. The molecule has 0 radical (unpaired) electrons. The highest BCUT2D eigenvalue weighted by Gasteiger charge is 2.93. The highest BCUT2D eigenvalue weighted by atomic mass is 79.9. The van der Waals surface area contributed by atoms with Gasteiger partial charge < -0.3 is 0 Å². The number of benzene rings is 1. The predicted molar refractivity (Wildman–Crippen MR) is 74.2 cm³/mol. The quantitative estimate of drug-likeness (QED) is 0.263. The zero-order valence-corrected chi connectivity index (χ0v) is 15.4. The number of hydrogen-bond acceptors (Lipinski definition) is 1. The lowest BCUT2D eigenvalue weighted by Crippen LogP contribution is -2.73. The minimum Gasteiger partial charge on any atom is -0.287 e. The normalized spacial score (nSPS) is 15.2. The summed E-state index contributed by atoms with van der Waals surface area (Å²) in [4.78, 5) is 11.6. The van der Waals surface area contributed by atoms with E-state index in [1.54, 1.807) is 0 Å². The van der Waals surface area contributed by atoms with E-state index in [1.807, 2.05) is 0 Å². The van der Waals surface area contributed by atoms with Crippen LogP contribution < -0.4 is 0 Å². The van der Waals surface area contributed by atoms with Crippen LogP contribution in [0.15, 0.2) is 28.7 Å². The van der Waals surface area contributed by atoms with Crippen LogP contribution >= 0.6 is 15.9 Å². The largest absolute Gasteiger partial charge is 0.460 e. The second kappa shape index (κ2) is 7.43. The molecule has 0 fully saturated rings. The summed E-state index contributed by atoms with van der Waals surface area (Å²) in [6.45, 7) is 0. The fourth-order valence-corrected chi connectivity index (χ4v) is 2.39. The first-order valence-corrected chi connectivity index (χ1v) is 7.85. The summed E-state index contributed by atoms with van der Waals surface area (Å²) in [5.74, 6) is -51.3. The molecule has 0 atom stereocenters. The molecule has 1 aromatic carbocycles. The van der Waals surface area contributed by atoms with Crippen molar-refractivity contribution in [1.29, 1.82) is 0 Å². The van der Waals surface area contributed by atoms with Crippen LogP contribution in [0.5, 0.6) is 0 Å². The van der Waals surface area contributed by atoms with Crippen molar-refractivity contribution in [3.8, 4) is 0 Å². The molecule has 0 aromatic heterocycles. The van der Waals surface area contributed by atoms with E-state index in [1.165, 1.54) is 0 Å². The Kier molecular flexibility index (Phi) is 6.56. The Labute approximate surface area is 169 Å². The van der Waals surface area contributed by atoms with Crippen LogP contribution in [0, 0.1) is 0 Å². The van der Waals surface area contributed by atoms with Gasteiger partial charge in [-0.2, -0.15) is 65.9 Å². The van der Waals surface area contributed by atoms with Gasteiger partial charge in [-0.15, -0.1) is 0 Å². The Bertz CT molecular complexity index is 842. The fourth-order valence-electron chi connectivity index (χ4n) is 1.92. The molecule has 1 aromatic rings. The van der Waals surface area contributed by atoms with Crippen LogP contribution in [-0.2, 0) is 0 Å². The third-order valence-electron chi connectivity index (χ3n) is 3.73. The topological polar surface area (TPSA) is 17.1 Å². The number of ketones is 1. The van der Waals surface area contributed by atoms with Crippen molar-refractivity contribution < 1.29 is 70.7 Å². The minimum absolute atomic E-state index is 0.277. The summed E-state index contributed by atoms with van der Waals surface area (Å²) >= 11 is 2.35. The monoisotopic (exact) mass is 552 g/mol. The minimum atomic E-state index is -8.43. The van der Waals surface area contributed by atoms with Crippen molar-refractivity contribution in [1.82, 2.24) is 0 Å². The number of carbonyl (C=O) groups is 1. The predicted octanol–water partition coefficient (Wildman–Crippen LogP) is 7.01. The van der Waals surface area contributed by atoms with Gasteiger partial charge in [-0.05, 0) is 6.07 Å². The maximum Gasteiger partial charge on any atom is 0.460 e. The SMILES string of the molecule is O=C(c1ccccc1Br)C(F)(F)C(F)(F)C(F)(F)C(F)(F)C(F)(F)C(F)(F)C(F)(F)F. The Balaban J connectivity index is 3.65. The van der Waals surface area contributed by atoms with E-state index >= 15 is 0 Å². The van der Waals surface area contributed by atoms with Crippen LogP contribution in [-0.4, -0.2) is 47.5 Å². The molecule has 0 aliphatic heterocycles. The Morgan fingerprint density at radius 1 is 0.581 bits per heavy atom. The molecule has 0 bridgehead atoms. The van der Waals surface area contributed by atoms with Gasteiger partial charge in [-0.25, -0.2) is 0 Å². The average Bonchev–Trinajstić information content (AvgIpc) is 2.59. The summed E-state index contributed by atoms with van der Waals surface area (Å²) in [5, 5.41) is 0. The van der Waals surface area contributed by atoms with Crippen molar-refractivity contribution >= 4 is 21.7 Å². The number of carbonyl (C=O) groups excluding carboxylic acids is 1. The maximum absolute atomic E-state index is 13.8. The second-order valence-corrected chi connectivity index (χ2v) is 6.61. The van der Waals surface area contributed by atoms with Gasteiger partial charge in [0.1, 0.15) is 0 Å². The number of Topliss-reactive ketones (excluding diaryl/α,β-unsaturated/α-hetero) is 1. The lowest BCUT2D eigenvalue weighted by Gasteiger charge is -2.41. The van der Waals surface area contributed by atoms with Gasteiger partial charge in [-0.1, -0.05) is 34.1 Å². The van der Waals surface area contributed by atoms with Crippen LogP contribution in [0.3, 0.4) is 0 Å². The van der Waals surface area contributed by atoms with Crippen molar-refractivity contribution in [3.63, 3.8) is 0 Å². The lowest BCUT2D eigenvalue weighted by atomic mass is 9.88. The van der Waals surface area contributed by atoms with E-state index in [0.29, 0.717) is 12.1 Å². The van der Waals surface area contributed by atoms with Gasteiger partial charge in [-0.3, -0.25) is 4.79 Å². The number of rotatable bonds is 7. The molecule has 0 heterocycles. The van der Waals surface area contributed by atoms with E-state index in [-0.39, 0.29) is 6.07 Å². The van der Waals surface area contributed by atoms with Crippen LogP contribution in [0.4, 0.5) is 65.9 Å². The number of alkyl halides is 15. The molecule has 0 saturated heterocycles. The molecule has 178 valence electrons. The van der Waals surface area contributed by atoms with E-state index < -0.39 is 57.5 Å². The van der Waals surface area contributed by atoms with Crippen molar-refractivity contribution in [2.45, 2.75) is 41.7 Å². The molecule has 0 unspecified atom stereocenters. The zero-order chi connectivity index (χ0) is 25.1. The summed E-state index contributed by atoms with van der Waals surface area (Å²) in [6, 6.07) is 2.64. The average molecular weight is 553 g/mol. The highest BCUT2D eigenvalue weighted by Crippen LogP contribution is 2.62. The Morgan fingerprint density at radius 3 is 1.32 bits per heavy atom. The summed E-state index contributed by atoms with van der Waals surface area (Å²) < 4.78 is 196. The Morgan fingerprint density at radius 2 is 0.935 bits per heavy atom. The zero-order valence-electron chi connectivity index (χ0n) is 13.8. The highest BCUT2D eigenvalue weighted by molar-refractivity contribution is 9.10. The molecular weight excluding hydrogens is 549 g/mol. The first kappa shape index (κ1) is 27.4. The third-order valence-corrected chi connectivity index (χ3v) is 4.42. The van der Waals surface area contributed by atoms with Gasteiger partial charge >= 0.3 is 41.7 Å². The molecule has 31 heavy (non-hydrogen) atoms. The van der Waals surface area contributed by atoms with Crippen molar-refractivity contribution in [2.24, 2.45) is 0 Å². The molecule has 1 nitrogen and oxygen atoms in total. The summed E-state index contributed by atoms with van der Waals surface area (Å²) in [6.07, 6.45) is -7.68. The lowest BCUT2D eigenvalue weighted by molar-refractivity contribution is -0.449. The van der Waals surface area contributed by atoms with Crippen LogP contribution in [0.25, 0.3) is 0 Å². The molecule has 17 heteroatoms. The first-order valence-electron chi connectivity index (χ1n) is 7.06. The molecule has 0 N–H and O–H groups in total. The van der Waals surface area contributed by atoms with Crippen LogP contribution in [0.1, 0.15) is 10.4 Å². The van der Waals surface area contributed by atoms with E-state index in [0.717, 1.165) is 6.07 Å². The number of halogens is 16. The summed E-state index contributed by atoms with van der Waals surface area (Å²) in [7, 11) is 0. The summed E-state index contributed by atoms with van der Waals surface area (Å²) in [5.41, 5.74) is -1.56. The van der Waals surface area contributed by atoms with Gasteiger partial charge in [0.25, 0.3) is 0 Å². The maximum atomic E-state index is 13.8. The third kappa shape index (κ3) is 3.65. The Hall–Kier alpha value is -1.68. The van der Waals surface area contributed by atoms with Crippen LogP contribution in [0.2, 0.25) is 0 Å². The first-order chi connectivity index (χ1) is 13.4. The smallest absolute Gasteiger partial charge is 0.287 e. The van der Waals surface area contributed by atoms with E-state index in [9.17, 15) is 70.7 Å². The van der Waals surface area contributed by atoms with Gasteiger partial charge in [0.15, 0.2) is 0 Å². The fraction of sp³-hybridized carbons (Fsp3) is 0.500. The van der Waals surface area contributed by atoms with Crippen molar-refractivity contribution in [3.05, 3.63) is 34.3 Å². The van der Waals surface area contributed by atoms with E-state index in [4.69, 9.17) is 0 Å². The standard InChI is InChI=1S/C14H4BrF15O/c15-6-4-2-1-3-5(6)7(31)8(16,17)9(18,19)10(20,21)11(22,23)12(24,25)13(26,27)14(28,29)30/h1-4H. The molecule has 0 aliphatic carbocycles. The van der Waals surface area contributed by atoms with Gasteiger partial charge in [0.05, 0.1) is 0 Å². The van der Waals surface area contributed by atoms with Gasteiger partial charge in [0, 0.05) is 10.0 Å². The molecular formula is C14H4BrF15O. The molecule has 0 spiro atoms. The number of hydrogen-bond donors (Lipinski definition) is 0.